The van der Waals surface area contributed by atoms with Crippen molar-refractivity contribution in [3.05, 3.63) is 26.2 Å². The minimum Gasteiger partial charge on any atom is -0.504 e. The molecule has 1 fully saturated rings. The maximum absolute atomic E-state index is 12.5. The van der Waals surface area contributed by atoms with Crippen LogP contribution in [-0.4, -0.2) is 33.4 Å². The van der Waals surface area contributed by atoms with Crippen LogP contribution < -0.4 is 4.74 Å². The quantitative estimate of drug-likeness (QED) is 0.402. The molecule has 7 heteroatoms. The van der Waals surface area contributed by atoms with Gasteiger partial charge in [-0.05, 0) is 59.2 Å². The van der Waals surface area contributed by atoms with E-state index in [1.807, 2.05) is 35.6 Å². The van der Waals surface area contributed by atoms with Gasteiger partial charge >= 0.3 is 0 Å². The molecule has 1 aliphatic rings. The van der Waals surface area contributed by atoms with Gasteiger partial charge in [0.15, 0.2) is 11.5 Å². The lowest BCUT2D eigenvalue weighted by Crippen LogP contribution is -2.31. The van der Waals surface area contributed by atoms with Gasteiger partial charge in [-0.15, -0.1) is 0 Å². The predicted octanol–water partition coefficient (Wildman–Crippen LogP) is 4.25. The normalized spacial score (nSPS) is 16.7. The third kappa shape index (κ3) is 4.39. The number of carbonyl (C=O) groups is 1. The van der Waals surface area contributed by atoms with Gasteiger partial charge in [-0.3, -0.25) is 9.69 Å². The average Bonchev–Trinajstić information content (AvgIpc) is 2.72. The molecule has 0 unspecified atom stereocenters. The highest BCUT2D eigenvalue weighted by atomic mass is 127. The number of phenols is 1. The largest absolute Gasteiger partial charge is 0.504 e. The molecule has 1 N–H and O–H groups in total. The molecule has 2 rings (SSSR count). The number of amides is 1. The minimum atomic E-state index is -0.0604. The fraction of sp³-hybridized carbons (Fsp3) is 0.375. The number of carbonyl (C=O) groups excluding carboxylic acids is 1. The maximum Gasteiger partial charge on any atom is 0.266 e. The summed E-state index contributed by atoms with van der Waals surface area (Å²) in [5.41, 5.74) is 0.806. The summed E-state index contributed by atoms with van der Waals surface area (Å²) in [6.07, 6.45) is 1.80. The van der Waals surface area contributed by atoms with Gasteiger partial charge in [0.1, 0.15) is 4.32 Å². The van der Waals surface area contributed by atoms with Gasteiger partial charge in [0, 0.05) is 6.54 Å². The monoisotopic (exact) mass is 463 g/mol. The molecule has 1 heterocycles. The Balaban J connectivity index is 2.32. The van der Waals surface area contributed by atoms with Crippen molar-refractivity contribution >= 4 is 62.9 Å². The molecule has 124 valence electrons. The number of nitrogens with zero attached hydrogens (tertiary/aromatic N) is 1. The molecule has 0 aromatic heterocycles. The van der Waals surface area contributed by atoms with Crippen LogP contribution in [0.5, 0.6) is 11.5 Å². The number of phenolic OH excluding ortho intramolecular Hbond substituents is 1. The van der Waals surface area contributed by atoms with Crippen molar-refractivity contribution in [1.29, 1.82) is 0 Å². The van der Waals surface area contributed by atoms with Crippen LogP contribution in [0.4, 0.5) is 0 Å². The molecule has 0 radical (unpaired) electrons. The zero-order valence-corrected chi connectivity index (χ0v) is 16.9. The number of rotatable bonds is 5. The smallest absolute Gasteiger partial charge is 0.266 e. The van der Waals surface area contributed by atoms with Gasteiger partial charge in [0.25, 0.3) is 5.91 Å². The Hall–Kier alpha value is -0.800. The summed E-state index contributed by atoms with van der Waals surface area (Å²) in [6.45, 7) is 7.05. The second kappa shape index (κ2) is 7.85. The lowest BCUT2D eigenvalue weighted by atomic mass is 10.1. The Bertz CT molecular complexity index is 674. The number of hydrogen-bond acceptors (Lipinski definition) is 5. The Morgan fingerprint density at radius 3 is 2.78 bits per heavy atom. The molecular weight excluding hydrogens is 445 g/mol. The summed E-state index contributed by atoms with van der Waals surface area (Å²) < 4.78 is 6.70. The van der Waals surface area contributed by atoms with Gasteiger partial charge in [-0.1, -0.05) is 37.8 Å². The Kier molecular flexibility index (Phi) is 6.33. The first-order valence-electron chi connectivity index (χ1n) is 7.24. The summed E-state index contributed by atoms with van der Waals surface area (Å²) in [4.78, 5) is 14.7. The van der Waals surface area contributed by atoms with Crippen LogP contribution >= 0.6 is 46.6 Å². The molecular formula is C16H18INO3S2. The lowest BCUT2D eigenvalue weighted by molar-refractivity contribution is -0.122. The van der Waals surface area contributed by atoms with Crippen molar-refractivity contribution in [3.8, 4) is 11.5 Å². The van der Waals surface area contributed by atoms with E-state index in [1.54, 1.807) is 17.0 Å². The first-order chi connectivity index (χ1) is 10.8. The third-order valence-corrected chi connectivity index (χ3v) is 5.27. The van der Waals surface area contributed by atoms with Crippen LogP contribution in [0.3, 0.4) is 0 Å². The van der Waals surface area contributed by atoms with E-state index in [1.165, 1.54) is 11.8 Å². The van der Waals surface area contributed by atoms with E-state index in [9.17, 15) is 9.90 Å². The van der Waals surface area contributed by atoms with Crippen molar-refractivity contribution < 1.29 is 14.6 Å². The van der Waals surface area contributed by atoms with Gasteiger partial charge in [-0.2, -0.15) is 0 Å². The highest BCUT2D eigenvalue weighted by Gasteiger charge is 2.32. The number of thioether (sulfide) groups is 1. The van der Waals surface area contributed by atoms with Crippen molar-refractivity contribution in [3.63, 3.8) is 0 Å². The van der Waals surface area contributed by atoms with E-state index in [4.69, 9.17) is 17.0 Å². The summed E-state index contributed by atoms with van der Waals surface area (Å²) in [5.74, 6) is 0.839. The van der Waals surface area contributed by atoms with Crippen LogP contribution in [0.25, 0.3) is 6.08 Å². The molecule has 0 saturated carbocycles. The first kappa shape index (κ1) is 18.5. The molecule has 1 aliphatic heterocycles. The number of aromatic hydroxyl groups is 1. The molecule has 4 nitrogen and oxygen atoms in total. The molecule has 1 aromatic rings. The zero-order chi connectivity index (χ0) is 17.1. The van der Waals surface area contributed by atoms with Crippen LogP contribution in [0.2, 0.25) is 0 Å². The molecule has 0 spiro atoms. The fourth-order valence-electron chi connectivity index (χ4n) is 2.12. The van der Waals surface area contributed by atoms with Gasteiger partial charge in [-0.25, -0.2) is 0 Å². The lowest BCUT2D eigenvalue weighted by Gasteiger charge is -2.16. The van der Waals surface area contributed by atoms with Crippen molar-refractivity contribution in [2.75, 3.05) is 13.2 Å². The Morgan fingerprint density at radius 2 is 2.17 bits per heavy atom. The van der Waals surface area contributed by atoms with Crippen molar-refractivity contribution in [2.24, 2.45) is 5.92 Å². The fourth-order valence-corrected chi connectivity index (χ4v) is 4.02. The second-order valence-electron chi connectivity index (χ2n) is 5.47. The number of thiocarbonyl (C=S) groups is 1. The highest BCUT2D eigenvalue weighted by molar-refractivity contribution is 14.1. The van der Waals surface area contributed by atoms with Gasteiger partial charge in [0.2, 0.25) is 0 Å². The van der Waals surface area contributed by atoms with Crippen LogP contribution in [0, 0.1) is 9.49 Å². The maximum atomic E-state index is 12.5. The van der Waals surface area contributed by atoms with Crippen molar-refractivity contribution in [1.82, 2.24) is 4.90 Å². The van der Waals surface area contributed by atoms with Crippen LogP contribution in [0.1, 0.15) is 26.3 Å². The summed E-state index contributed by atoms with van der Waals surface area (Å²) in [5, 5.41) is 9.99. The van der Waals surface area contributed by atoms with Crippen molar-refractivity contribution in [2.45, 2.75) is 20.8 Å². The summed E-state index contributed by atoms with van der Waals surface area (Å²) in [7, 11) is 0. The molecule has 0 aliphatic carbocycles. The zero-order valence-electron chi connectivity index (χ0n) is 13.1. The van der Waals surface area contributed by atoms with Gasteiger partial charge in [0.05, 0.1) is 15.1 Å². The first-order valence-corrected chi connectivity index (χ1v) is 9.54. The molecule has 1 aromatic carbocycles. The predicted molar refractivity (Wildman–Crippen MR) is 107 cm³/mol. The number of hydrogen-bond donors (Lipinski definition) is 1. The Labute approximate surface area is 159 Å². The summed E-state index contributed by atoms with van der Waals surface area (Å²) in [6, 6.07) is 3.55. The van der Waals surface area contributed by atoms with E-state index < -0.39 is 0 Å². The van der Waals surface area contributed by atoms with Crippen LogP contribution in [0.15, 0.2) is 17.0 Å². The average molecular weight is 463 g/mol. The SMILES string of the molecule is CCOc1cc(/C=C2/SC(=S)N(CC(C)C)C2=O)cc(I)c1O. The van der Waals surface area contributed by atoms with E-state index >= 15 is 0 Å². The molecule has 0 bridgehead atoms. The molecule has 1 saturated heterocycles. The van der Waals surface area contributed by atoms with Crippen LogP contribution in [-0.2, 0) is 4.79 Å². The van der Waals surface area contributed by atoms with E-state index in [2.05, 4.69) is 13.8 Å². The number of benzene rings is 1. The Morgan fingerprint density at radius 1 is 1.48 bits per heavy atom. The van der Waals surface area contributed by atoms with E-state index in [-0.39, 0.29) is 11.7 Å². The summed E-state index contributed by atoms with van der Waals surface area (Å²) >= 11 is 8.66. The molecule has 0 atom stereocenters. The second-order valence-corrected chi connectivity index (χ2v) is 8.31. The molecule has 1 amide bonds. The van der Waals surface area contributed by atoms with E-state index in [0.717, 1.165) is 5.56 Å². The minimum absolute atomic E-state index is 0.0604. The highest BCUT2D eigenvalue weighted by Crippen LogP contribution is 2.36. The topological polar surface area (TPSA) is 49.8 Å². The standard InChI is InChI=1S/C16H18INO3S2/c1-4-21-12-6-10(5-11(17)14(12)19)7-13-15(20)18(8-9(2)3)16(22)23-13/h5-7,9,19H,4,8H2,1-3H3/b13-7+. The number of ether oxygens (including phenoxy) is 1. The third-order valence-electron chi connectivity index (χ3n) is 3.07. The number of halogens is 1. The van der Waals surface area contributed by atoms with Gasteiger partial charge < -0.3 is 9.84 Å². The van der Waals surface area contributed by atoms with E-state index in [0.29, 0.717) is 37.6 Å². The molecule has 23 heavy (non-hydrogen) atoms.